The predicted octanol–water partition coefficient (Wildman–Crippen LogP) is 2.06. The zero-order valence-corrected chi connectivity index (χ0v) is 8.04. The summed E-state index contributed by atoms with van der Waals surface area (Å²) in [6.07, 6.45) is 6.83. The van der Waals surface area contributed by atoms with Crippen molar-refractivity contribution in [1.29, 1.82) is 0 Å². The summed E-state index contributed by atoms with van der Waals surface area (Å²) in [6, 6.07) is 0. The van der Waals surface area contributed by atoms with Crippen LogP contribution in [0, 0.1) is 0 Å². The molecule has 0 N–H and O–H groups in total. The van der Waals surface area contributed by atoms with Gasteiger partial charge in [0.25, 0.3) is 0 Å². The van der Waals surface area contributed by atoms with E-state index in [1.807, 2.05) is 0 Å². The molecule has 2 saturated heterocycles. The van der Waals surface area contributed by atoms with Crippen molar-refractivity contribution in [2.75, 3.05) is 13.2 Å². The Kier molecular flexibility index (Phi) is 3.58. The van der Waals surface area contributed by atoms with Gasteiger partial charge in [0.05, 0.1) is 0 Å². The highest BCUT2D eigenvalue weighted by atomic mass is 16.8. The van der Waals surface area contributed by atoms with Crippen LogP contribution in [0.3, 0.4) is 0 Å². The minimum Gasteiger partial charge on any atom is -0.353 e. The second kappa shape index (κ2) is 4.94. The van der Waals surface area contributed by atoms with Crippen molar-refractivity contribution in [2.24, 2.45) is 0 Å². The van der Waals surface area contributed by atoms with E-state index in [-0.39, 0.29) is 12.6 Å². The van der Waals surface area contributed by atoms with Gasteiger partial charge in [-0.2, -0.15) is 0 Å². The third-order valence-electron chi connectivity index (χ3n) is 2.58. The van der Waals surface area contributed by atoms with Gasteiger partial charge in [-0.25, -0.2) is 0 Å². The Morgan fingerprint density at radius 3 is 1.69 bits per heavy atom. The van der Waals surface area contributed by atoms with Gasteiger partial charge in [0, 0.05) is 13.2 Å². The van der Waals surface area contributed by atoms with Gasteiger partial charge < -0.3 is 14.2 Å². The van der Waals surface area contributed by atoms with Crippen molar-refractivity contribution in [2.45, 2.75) is 51.1 Å². The van der Waals surface area contributed by atoms with E-state index in [4.69, 9.17) is 14.2 Å². The molecule has 13 heavy (non-hydrogen) atoms. The maximum absolute atomic E-state index is 5.69. The van der Waals surface area contributed by atoms with Crippen LogP contribution in [-0.2, 0) is 14.2 Å². The lowest BCUT2D eigenvalue weighted by Crippen LogP contribution is -2.31. The van der Waals surface area contributed by atoms with E-state index in [1.165, 1.54) is 25.7 Å². The second-order valence-corrected chi connectivity index (χ2v) is 3.73. The summed E-state index contributed by atoms with van der Waals surface area (Å²) in [4.78, 5) is 0. The highest BCUT2D eigenvalue weighted by Gasteiger charge is 2.21. The zero-order chi connectivity index (χ0) is 8.93. The molecule has 0 spiro atoms. The fourth-order valence-electron chi connectivity index (χ4n) is 1.81. The molecule has 0 aromatic carbocycles. The number of hydrogen-bond acceptors (Lipinski definition) is 3. The molecule has 0 amide bonds. The van der Waals surface area contributed by atoms with Crippen LogP contribution in [0.2, 0.25) is 0 Å². The van der Waals surface area contributed by atoms with Crippen molar-refractivity contribution in [3.8, 4) is 0 Å². The molecule has 2 rings (SSSR count). The molecule has 2 atom stereocenters. The van der Waals surface area contributed by atoms with Crippen LogP contribution in [0.25, 0.3) is 0 Å². The Hall–Kier alpha value is -0.120. The van der Waals surface area contributed by atoms with E-state index in [0.29, 0.717) is 0 Å². The normalized spacial score (nSPS) is 36.0. The topological polar surface area (TPSA) is 27.7 Å². The van der Waals surface area contributed by atoms with E-state index in [0.717, 1.165) is 26.1 Å². The average molecular weight is 186 g/mol. The van der Waals surface area contributed by atoms with Gasteiger partial charge >= 0.3 is 0 Å². The quantitative estimate of drug-likeness (QED) is 0.660. The predicted molar refractivity (Wildman–Crippen MR) is 48.3 cm³/mol. The molecule has 2 aliphatic rings. The number of ether oxygens (including phenoxy) is 3. The Labute approximate surface area is 79.4 Å². The van der Waals surface area contributed by atoms with Gasteiger partial charge in [-0.1, -0.05) is 0 Å². The van der Waals surface area contributed by atoms with Crippen LogP contribution < -0.4 is 0 Å². The molecule has 0 radical (unpaired) electrons. The highest BCUT2D eigenvalue weighted by molar-refractivity contribution is 4.58. The van der Waals surface area contributed by atoms with Crippen molar-refractivity contribution >= 4 is 0 Å². The van der Waals surface area contributed by atoms with Crippen molar-refractivity contribution in [3.63, 3.8) is 0 Å². The Bertz CT molecular complexity index is 121. The van der Waals surface area contributed by atoms with Crippen LogP contribution in [-0.4, -0.2) is 25.8 Å². The van der Waals surface area contributed by atoms with E-state index in [2.05, 4.69) is 0 Å². The van der Waals surface area contributed by atoms with Crippen LogP contribution in [0.15, 0.2) is 0 Å². The molecule has 0 unspecified atom stereocenters. The first-order valence-electron chi connectivity index (χ1n) is 5.34. The third-order valence-corrected chi connectivity index (χ3v) is 2.58. The van der Waals surface area contributed by atoms with Crippen LogP contribution in [0.5, 0.6) is 0 Å². The number of hydrogen-bond donors (Lipinski definition) is 0. The first kappa shape index (κ1) is 9.44. The van der Waals surface area contributed by atoms with Gasteiger partial charge in [0.1, 0.15) is 0 Å². The second-order valence-electron chi connectivity index (χ2n) is 3.73. The molecule has 0 aromatic heterocycles. The lowest BCUT2D eigenvalue weighted by Gasteiger charge is -2.29. The summed E-state index contributed by atoms with van der Waals surface area (Å²) in [6.45, 7) is 1.69. The van der Waals surface area contributed by atoms with Crippen molar-refractivity contribution in [1.82, 2.24) is 0 Å². The van der Waals surface area contributed by atoms with Gasteiger partial charge in [-0.05, 0) is 38.5 Å². The lowest BCUT2D eigenvalue weighted by atomic mass is 10.2. The summed E-state index contributed by atoms with van der Waals surface area (Å²) >= 11 is 0. The summed E-state index contributed by atoms with van der Waals surface area (Å²) in [5, 5.41) is 0. The van der Waals surface area contributed by atoms with E-state index >= 15 is 0 Å². The Morgan fingerprint density at radius 2 is 1.31 bits per heavy atom. The molecule has 2 heterocycles. The van der Waals surface area contributed by atoms with E-state index in [9.17, 15) is 0 Å². The third kappa shape index (κ3) is 2.93. The fourth-order valence-corrected chi connectivity index (χ4v) is 1.81. The van der Waals surface area contributed by atoms with Gasteiger partial charge in [0.15, 0.2) is 12.6 Å². The van der Waals surface area contributed by atoms with Crippen LogP contribution >= 0.6 is 0 Å². The molecule has 0 saturated carbocycles. The molecule has 2 aliphatic heterocycles. The average Bonchev–Trinajstić information content (AvgIpc) is 2.21. The summed E-state index contributed by atoms with van der Waals surface area (Å²) in [7, 11) is 0. The fraction of sp³-hybridized carbons (Fsp3) is 1.00. The molecule has 3 heteroatoms. The molecule has 0 aromatic rings. The van der Waals surface area contributed by atoms with Crippen LogP contribution in [0.1, 0.15) is 38.5 Å². The minimum absolute atomic E-state index is 0.00292. The molecule has 0 bridgehead atoms. The molecule has 0 aliphatic carbocycles. The van der Waals surface area contributed by atoms with Crippen LogP contribution in [0.4, 0.5) is 0 Å². The van der Waals surface area contributed by atoms with Gasteiger partial charge in [0.2, 0.25) is 0 Å². The molecular weight excluding hydrogens is 168 g/mol. The van der Waals surface area contributed by atoms with Gasteiger partial charge in [-0.15, -0.1) is 0 Å². The zero-order valence-electron chi connectivity index (χ0n) is 8.04. The van der Waals surface area contributed by atoms with Crippen molar-refractivity contribution in [3.05, 3.63) is 0 Å². The smallest absolute Gasteiger partial charge is 0.160 e. The number of rotatable bonds is 2. The molecule has 3 nitrogen and oxygen atoms in total. The first-order valence-corrected chi connectivity index (χ1v) is 5.34. The first-order chi connectivity index (χ1) is 6.45. The van der Waals surface area contributed by atoms with Crippen molar-refractivity contribution < 1.29 is 14.2 Å². The summed E-state index contributed by atoms with van der Waals surface area (Å²) in [5.41, 5.74) is 0. The lowest BCUT2D eigenvalue weighted by molar-refractivity contribution is -0.264. The SMILES string of the molecule is C1CC[C@@H](O[C@@H]2CCCCO2)OC1. The molecule has 2 fully saturated rings. The summed E-state index contributed by atoms with van der Waals surface area (Å²) in [5.74, 6) is 0. The highest BCUT2D eigenvalue weighted by Crippen LogP contribution is 2.20. The van der Waals surface area contributed by atoms with Gasteiger partial charge in [-0.3, -0.25) is 0 Å². The largest absolute Gasteiger partial charge is 0.353 e. The minimum atomic E-state index is -0.00292. The summed E-state index contributed by atoms with van der Waals surface area (Å²) < 4.78 is 16.6. The van der Waals surface area contributed by atoms with E-state index in [1.54, 1.807) is 0 Å². The Morgan fingerprint density at radius 1 is 0.769 bits per heavy atom. The molecule has 76 valence electrons. The maximum atomic E-state index is 5.69. The van der Waals surface area contributed by atoms with E-state index < -0.39 is 0 Å². The monoisotopic (exact) mass is 186 g/mol. The Balaban J connectivity index is 1.69. The maximum Gasteiger partial charge on any atom is 0.160 e. The standard InChI is InChI=1S/C10H18O3/c1-3-7-11-9(5-1)13-10-6-2-4-8-12-10/h9-10H,1-8H2/t9-,10-/m1/s1. The molecular formula is C10H18O3.